The van der Waals surface area contributed by atoms with Crippen molar-refractivity contribution in [1.82, 2.24) is 20.4 Å². The number of amides is 1. The maximum absolute atomic E-state index is 14.5. The van der Waals surface area contributed by atoms with Crippen molar-refractivity contribution >= 4 is 11.6 Å². The zero-order valence-electron chi connectivity index (χ0n) is 15.1. The number of hydrogen-bond donors (Lipinski definition) is 3. The van der Waals surface area contributed by atoms with Crippen molar-refractivity contribution in [3.05, 3.63) is 77.9 Å². The van der Waals surface area contributed by atoms with Crippen LogP contribution in [0.2, 0.25) is 0 Å². The van der Waals surface area contributed by atoms with E-state index in [-0.39, 0.29) is 11.4 Å². The Kier molecular flexibility index (Phi) is 4.82. The van der Waals surface area contributed by atoms with E-state index in [1.165, 1.54) is 18.5 Å². The average molecular weight is 415 g/mol. The second-order valence-corrected chi connectivity index (χ2v) is 6.31. The Morgan fingerprint density at radius 3 is 2.50 bits per heavy atom. The summed E-state index contributed by atoms with van der Waals surface area (Å²) in [5.74, 6) is -2.22. The summed E-state index contributed by atoms with van der Waals surface area (Å²) in [6.07, 6.45) is -2.16. The molecule has 0 aliphatic rings. The molecule has 2 aromatic carbocycles. The largest absolute Gasteiger partial charge is 0.417 e. The zero-order chi connectivity index (χ0) is 21.3. The van der Waals surface area contributed by atoms with Crippen LogP contribution in [-0.4, -0.2) is 26.3 Å². The summed E-state index contributed by atoms with van der Waals surface area (Å²) in [6, 6.07) is 11.4. The van der Waals surface area contributed by atoms with Crippen molar-refractivity contribution in [1.29, 1.82) is 0 Å². The van der Waals surface area contributed by atoms with E-state index in [9.17, 15) is 22.4 Å². The predicted molar refractivity (Wildman–Crippen MR) is 101 cm³/mol. The lowest BCUT2D eigenvalue weighted by molar-refractivity contribution is -0.137. The standard InChI is InChI=1S/C20H13F4N5O/c21-15-9-14(20(22,23)24)12(16-6-7-25-28-16)8-13(15)19(30)27-17-10-26-29-18(17)11-4-2-1-3-5-11/h1-10H,(H,25,28)(H,26,29)(H,27,30). The van der Waals surface area contributed by atoms with E-state index in [0.29, 0.717) is 11.8 Å². The molecule has 10 heteroatoms. The first-order chi connectivity index (χ1) is 14.3. The van der Waals surface area contributed by atoms with Crippen LogP contribution >= 0.6 is 0 Å². The molecule has 4 rings (SSSR count). The number of H-pyrrole nitrogens is 2. The van der Waals surface area contributed by atoms with Crippen LogP contribution in [0.1, 0.15) is 15.9 Å². The molecular weight excluding hydrogens is 402 g/mol. The highest BCUT2D eigenvalue weighted by atomic mass is 19.4. The minimum absolute atomic E-state index is 0.0651. The fourth-order valence-electron chi connectivity index (χ4n) is 3.00. The molecule has 0 aliphatic carbocycles. The number of aromatic nitrogens is 4. The van der Waals surface area contributed by atoms with Gasteiger partial charge in [0.15, 0.2) is 0 Å². The predicted octanol–water partition coefficient (Wildman–Crippen LogP) is 4.88. The van der Waals surface area contributed by atoms with Gasteiger partial charge in [0.25, 0.3) is 5.91 Å². The Hall–Kier alpha value is -3.95. The van der Waals surface area contributed by atoms with Crippen molar-refractivity contribution in [3.63, 3.8) is 0 Å². The van der Waals surface area contributed by atoms with Crippen molar-refractivity contribution in [2.45, 2.75) is 6.18 Å². The van der Waals surface area contributed by atoms with E-state index in [1.807, 2.05) is 6.07 Å². The number of carbonyl (C=O) groups excluding carboxylic acids is 1. The van der Waals surface area contributed by atoms with Crippen LogP contribution in [0.3, 0.4) is 0 Å². The molecule has 2 heterocycles. The number of anilines is 1. The third-order valence-corrected chi connectivity index (χ3v) is 4.38. The second kappa shape index (κ2) is 7.47. The summed E-state index contributed by atoms with van der Waals surface area (Å²) in [6.45, 7) is 0. The van der Waals surface area contributed by atoms with E-state index >= 15 is 0 Å². The third kappa shape index (κ3) is 3.66. The number of benzene rings is 2. The van der Waals surface area contributed by atoms with Crippen LogP contribution in [0.25, 0.3) is 22.5 Å². The molecule has 0 aliphatic heterocycles. The molecule has 152 valence electrons. The molecule has 0 unspecified atom stereocenters. The summed E-state index contributed by atoms with van der Waals surface area (Å²) in [5.41, 5.74) is -0.806. The molecule has 2 aromatic heterocycles. The summed E-state index contributed by atoms with van der Waals surface area (Å²) in [4.78, 5) is 12.7. The van der Waals surface area contributed by atoms with Crippen LogP contribution in [0, 0.1) is 5.82 Å². The molecule has 0 saturated heterocycles. The average Bonchev–Trinajstić information content (AvgIpc) is 3.40. The van der Waals surface area contributed by atoms with Gasteiger partial charge < -0.3 is 5.32 Å². The molecule has 0 radical (unpaired) electrons. The van der Waals surface area contributed by atoms with Gasteiger partial charge in [-0.1, -0.05) is 30.3 Å². The van der Waals surface area contributed by atoms with E-state index < -0.39 is 34.6 Å². The molecule has 0 bridgehead atoms. The fourth-order valence-corrected chi connectivity index (χ4v) is 3.00. The smallest absolute Gasteiger partial charge is 0.319 e. The van der Waals surface area contributed by atoms with Crippen LogP contribution in [0.5, 0.6) is 0 Å². The van der Waals surface area contributed by atoms with E-state index in [4.69, 9.17) is 0 Å². The number of rotatable bonds is 4. The van der Waals surface area contributed by atoms with E-state index in [1.54, 1.807) is 24.3 Å². The highest BCUT2D eigenvalue weighted by Gasteiger charge is 2.36. The lowest BCUT2D eigenvalue weighted by Gasteiger charge is -2.14. The summed E-state index contributed by atoms with van der Waals surface area (Å²) < 4.78 is 54.6. The van der Waals surface area contributed by atoms with Gasteiger partial charge in [0, 0.05) is 17.3 Å². The minimum atomic E-state index is -4.82. The van der Waals surface area contributed by atoms with Gasteiger partial charge in [-0.2, -0.15) is 23.4 Å². The van der Waals surface area contributed by atoms with Crippen molar-refractivity contribution < 1.29 is 22.4 Å². The Balaban J connectivity index is 1.73. The highest BCUT2D eigenvalue weighted by molar-refractivity contribution is 6.06. The number of nitrogens with one attached hydrogen (secondary N) is 3. The molecule has 3 N–H and O–H groups in total. The molecule has 4 aromatic rings. The van der Waals surface area contributed by atoms with Crippen LogP contribution in [0.4, 0.5) is 23.2 Å². The van der Waals surface area contributed by atoms with Gasteiger partial charge in [-0.25, -0.2) is 4.39 Å². The number of carbonyl (C=O) groups is 1. The summed E-state index contributed by atoms with van der Waals surface area (Å²) >= 11 is 0. The normalized spacial score (nSPS) is 11.5. The first-order valence-electron chi connectivity index (χ1n) is 8.65. The maximum atomic E-state index is 14.5. The van der Waals surface area contributed by atoms with E-state index in [2.05, 4.69) is 25.7 Å². The number of hydrogen-bond acceptors (Lipinski definition) is 3. The Morgan fingerprint density at radius 2 is 1.83 bits per heavy atom. The number of aromatic amines is 2. The van der Waals surface area contributed by atoms with Crippen LogP contribution < -0.4 is 5.32 Å². The SMILES string of the molecule is O=C(Nc1cn[nH]c1-c1ccccc1)c1cc(-c2cc[nH]n2)c(C(F)(F)F)cc1F. The molecule has 1 amide bonds. The highest BCUT2D eigenvalue weighted by Crippen LogP contribution is 2.38. The van der Waals surface area contributed by atoms with E-state index in [0.717, 1.165) is 11.6 Å². The number of alkyl halides is 3. The van der Waals surface area contributed by atoms with Crippen molar-refractivity contribution in [2.24, 2.45) is 0 Å². The fraction of sp³-hybridized carbons (Fsp3) is 0.0500. The lowest BCUT2D eigenvalue weighted by atomic mass is 9.99. The Morgan fingerprint density at radius 1 is 1.07 bits per heavy atom. The molecular formula is C20H13F4N5O. The van der Waals surface area contributed by atoms with Gasteiger partial charge in [-0.05, 0) is 18.2 Å². The molecule has 0 atom stereocenters. The lowest BCUT2D eigenvalue weighted by Crippen LogP contribution is -2.16. The Labute approximate surface area is 167 Å². The molecule has 0 fully saturated rings. The zero-order valence-corrected chi connectivity index (χ0v) is 15.1. The van der Waals surface area contributed by atoms with Crippen LogP contribution in [0.15, 0.2) is 60.9 Å². The van der Waals surface area contributed by atoms with Gasteiger partial charge in [0.1, 0.15) is 5.82 Å². The summed E-state index contributed by atoms with van der Waals surface area (Å²) in [5, 5.41) is 15.2. The Bertz CT molecular complexity index is 1180. The minimum Gasteiger partial charge on any atom is -0.319 e. The van der Waals surface area contributed by atoms with Crippen LogP contribution in [-0.2, 0) is 6.18 Å². The molecule has 6 nitrogen and oxygen atoms in total. The second-order valence-electron chi connectivity index (χ2n) is 6.31. The van der Waals surface area contributed by atoms with Gasteiger partial charge in [-0.3, -0.25) is 15.0 Å². The summed E-state index contributed by atoms with van der Waals surface area (Å²) in [7, 11) is 0. The molecule has 0 spiro atoms. The first-order valence-corrected chi connectivity index (χ1v) is 8.65. The van der Waals surface area contributed by atoms with Crippen molar-refractivity contribution in [3.8, 4) is 22.5 Å². The maximum Gasteiger partial charge on any atom is 0.417 e. The number of nitrogens with zero attached hydrogens (tertiary/aromatic N) is 2. The van der Waals surface area contributed by atoms with Crippen molar-refractivity contribution in [2.75, 3.05) is 5.32 Å². The molecule has 0 saturated carbocycles. The number of halogens is 4. The quantitative estimate of drug-likeness (QED) is 0.416. The topological polar surface area (TPSA) is 86.5 Å². The van der Waals surface area contributed by atoms with Gasteiger partial charge in [0.05, 0.1) is 34.4 Å². The first kappa shape index (κ1) is 19.4. The third-order valence-electron chi connectivity index (χ3n) is 4.38. The van der Waals surface area contributed by atoms with Gasteiger partial charge >= 0.3 is 6.18 Å². The van der Waals surface area contributed by atoms with Gasteiger partial charge in [0.2, 0.25) is 0 Å². The monoisotopic (exact) mass is 415 g/mol. The van der Waals surface area contributed by atoms with Gasteiger partial charge in [-0.15, -0.1) is 0 Å². The molecule has 30 heavy (non-hydrogen) atoms.